The first-order chi connectivity index (χ1) is 5.20. The van der Waals surface area contributed by atoms with Gasteiger partial charge in [-0.1, -0.05) is 0 Å². The van der Waals surface area contributed by atoms with Crippen LogP contribution in [0.1, 0.15) is 11.4 Å². The molecule has 0 N–H and O–H groups in total. The second-order valence-corrected chi connectivity index (χ2v) is 4.34. The number of rotatable bonds is 0. The number of aryl methyl sites for hydroxylation is 2. The first-order valence-corrected chi connectivity index (χ1v) is 5.14. The molecule has 2 aromatic heterocycles. The molecule has 2 rings (SSSR count). The number of fused-ring (bicyclic) bond motifs is 1. The van der Waals surface area contributed by atoms with Gasteiger partial charge in [0.2, 0.25) is 0 Å². The fraction of sp³-hybridized carbons (Fsp3) is 0.286. The van der Waals surface area contributed by atoms with Crippen molar-refractivity contribution in [3.63, 3.8) is 0 Å². The van der Waals surface area contributed by atoms with Gasteiger partial charge in [0.05, 0.1) is 28.4 Å². The van der Waals surface area contributed by atoms with Crippen LogP contribution in [0.25, 0.3) is 10.3 Å². The Labute approximate surface area is 82.7 Å². The number of imidazole rings is 1. The van der Waals surface area contributed by atoms with Crippen molar-refractivity contribution in [3.05, 3.63) is 16.8 Å². The standard InChI is InChI=1S/C7H7IN2S/c1-4-3-11-7-6(4)10(8)5(2)9-7/h3H,1-2H3. The molecule has 0 unspecified atom stereocenters. The monoisotopic (exact) mass is 278 g/mol. The molecule has 0 aliphatic carbocycles. The lowest BCUT2D eigenvalue weighted by Crippen LogP contribution is -1.82. The summed E-state index contributed by atoms with van der Waals surface area (Å²) in [6.07, 6.45) is 0. The largest absolute Gasteiger partial charge is 0.267 e. The third kappa shape index (κ3) is 0.997. The molecule has 2 nitrogen and oxygen atoms in total. The van der Waals surface area contributed by atoms with Crippen molar-refractivity contribution in [1.29, 1.82) is 0 Å². The summed E-state index contributed by atoms with van der Waals surface area (Å²) in [7, 11) is 0. The summed E-state index contributed by atoms with van der Waals surface area (Å²) in [5, 5.41) is 2.15. The third-order valence-corrected chi connectivity index (χ3v) is 3.83. The van der Waals surface area contributed by atoms with Crippen molar-refractivity contribution < 1.29 is 0 Å². The highest BCUT2D eigenvalue weighted by Crippen LogP contribution is 2.27. The zero-order valence-corrected chi connectivity index (χ0v) is 9.23. The molecule has 0 bridgehead atoms. The number of hydrogen-bond donors (Lipinski definition) is 0. The molecule has 2 heterocycles. The highest BCUT2D eigenvalue weighted by atomic mass is 127. The summed E-state index contributed by atoms with van der Waals surface area (Å²) in [5.41, 5.74) is 2.59. The summed E-state index contributed by atoms with van der Waals surface area (Å²) in [4.78, 5) is 5.56. The first-order valence-electron chi connectivity index (χ1n) is 3.29. The van der Waals surface area contributed by atoms with Crippen LogP contribution in [0.15, 0.2) is 5.38 Å². The average Bonchev–Trinajstić information content (AvgIpc) is 2.41. The molecule has 58 valence electrons. The van der Waals surface area contributed by atoms with Gasteiger partial charge in [-0.05, 0) is 24.8 Å². The van der Waals surface area contributed by atoms with Crippen molar-refractivity contribution in [3.8, 4) is 0 Å². The third-order valence-electron chi connectivity index (χ3n) is 1.67. The Hall–Kier alpha value is -0.100. The van der Waals surface area contributed by atoms with E-state index in [4.69, 9.17) is 0 Å². The topological polar surface area (TPSA) is 17.8 Å². The van der Waals surface area contributed by atoms with Gasteiger partial charge in [0.25, 0.3) is 0 Å². The number of thiophene rings is 1. The van der Waals surface area contributed by atoms with E-state index >= 15 is 0 Å². The highest BCUT2D eigenvalue weighted by molar-refractivity contribution is 14.1. The predicted octanol–water partition coefficient (Wildman–Crippen LogP) is 2.91. The molecule has 0 aromatic carbocycles. The van der Waals surface area contributed by atoms with E-state index in [1.54, 1.807) is 11.3 Å². The lowest BCUT2D eigenvalue weighted by molar-refractivity contribution is 1.15. The fourth-order valence-electron chi connectivity index (χ4n) is 1.10. The molecule has 0 radical (unpaired) electrons. The Morgan fingerprint density at radius 2 is 2.27 bits per heavy atom. The zero-order chi connectivity index (χ0) is 8.01. The molecule has 11 heavy (non-hydrogen) atoms. The van der Waals surface area contributed by atoms with Crippen LogP contribution in [0.3, 0.4) is 0 Å². The number of hydrogen-bond acceptors (Lipinski definition) is 2. The predicted molar refractivity (Wildman–Crippen MR) is 56.5 cm³/mol. The van der Waals surface area contributed by atoms with E-state index in [1.165, 1.54) is 11.1 Å². The molecule has 4 heteroatoms. The van der Waals surface area contributed by atoms with Gasteiger partial charge in [0.15, 0.2) is 0 Å². The quantitative estimate of drug-likeness (QED) is 0.677. The summed E-state index contributed by atoms with van der Waals surface area (Å²) in [5.74, 6) is 1.08. The molecular formula is C7H7IN2S. The van der Waals surface area contributed by atoms with Crippen LogP contribution in [0.4, 0.5) is 0 Å². The maximum absolute atomic E-state index is 4.41. The summed E-state index contributed by atoms with van der Waals surface area (Å²) in [6, 6.07) is 0. The van der Waals surface area contributed by atoms with E-state index in [0.717, 1.165) is 10.7 Å². The van der Waals surface area contributed by atoms with Crippen molar-refractivity contribution in [2.24, 2.45) is 0 Å². The Balaban J connectivity index is 2.95. The molecule has 0 spiro atoms. The average molecular weight is 278 g/mol. The molecule has 0 saturated heterocycles. The second kappa shape index (κ2) is 2.45. The van der Waals surface area contributed by atoms with Crippen LogP contribution in [-0.2, 0) is 0 Å². The molecule has 0 amide bonds. The van der Waals surface area contributed by atoms with E-state index in [2.05, 4.69) is 42.9 Å². The second-order valence-electron chi connectivity index (χ2n) is 2.51. The number of aromatic nitrogens is 2. The molecule has 0 fully saturated rings. The van der Waals surface area contributed by atoms with E-state index in [0.29, 0.717) is 0 Å². The zero-order valence-electron chi connectivity index (χ0n) is 6.26. The van der Waals surface area contributed by atoms with Crippen LogP contribution in [0.5, 0.6) is 0 Å². The molecule has 0 aliphatic rings. The maximum atomic E-state index is 4.41. The van der Waals surface area contributed by atoms with Gasteiger partial charge in [0.1, 0.15) is 10.7 Å². The van der Waals surface area contributed by atoms with Gasteiger partial charge < -0.3 is 0 Å². The molecule has 0 saturated carbocycles. The van der Waals surface area contributed by atoms with Crippen LogP contribution >= 0.6 is 34.2 Å². The first kappa shape index (κ1) is 7.54. The summed E-state index contributed by atoms with van der Waals surface area (Å²) in [6.45, 7) is 4.15. The number of nitrogens with zero attached hydrogens (tertiary/aromatic N) is 2. The van der Waals surface area contributed by atoms with Gasteiger partial charge in [0, 0.05) is 0 Å². The van der Waals surface area contributed by atoms with Gasteiger partial charge in [-0.2, -0.15) is 0 Å². The fourth-order valence-corrected chi connectivity index (χ4v) is 2.92. The van der Waals surface area contributed by atoms with Crippen molar-refractivity contribution in [1.82, 2.24) is 7.76 Å². The summed E-state index contributed by atoms with van der Waals surface area (Å²) < 4.78 is 2.11. The minimum atomic E-state index is 1.08. The normalized spacial score (nSPS) is 11.2. The Kier molecular flexibility index (Phi) is 1.68. The van der Waals surface area contributed by atoms with Gasteiger partial charge in [-0.3, -0.25) is 2.78 Å². The van der Waals surface area contributed by atoms with Crippen LogP contribution in [-0.4, -0.2) is 7.76 Å². The Morgan fingerprint density at radius 1 is 1.55 bits per heavy atom. The molecule has 0 aliphatic heterocycles. The van der Waals surface area contributed by atoms with Crippen molar-refractivity contribution >= 4 is 44.5 Å². The molecular weight excluding hydrogens is 271 g/mol. The van der Waals surface area contributed by atoms with Crippen LogP contribution in [0.2, 0.25) is 0 Å². The van der Waals surface area contributed by atoms with Gasteiger partial charge in [-0.25, -0.2) is 4.98 Å². The van der Waals surface area contributed by atoms with Crippen LogP contribution < -0.4 is 0 Å². The van der Waals surface area contributed by atoms with E-state index in [-0.39, 0.29) is 0 Å². The Bertz CT molecular complexity index is 402. The minimum absolute atomic E-state index is 1.08. The smallest absolute Gasteiger partial charge is 0.142 e. The minimum Gasteiger partial charge on any atom is -0.267 e. The van der Waals surface area contributed by atoms with Gasteiger partial charge >= 0.3 is 0 Å². The van der Waals surface area contributed by atoms with Crippen molar-refractivity contribution in [2.45, 2.75) is 13.8 Å². The highest BCUT2D eigenvalue weighted by Gasteiger charge is 2.08. The van der Waals surface area contributed by atoms with E-state index in [1.807, 2.05) is 6.92 Å². The SMILES string of the molecule is Cc1csc2nc(C)n(I)c12. The van der Waals surface area contributed by atoms with Crippen LogP contribution in [0, 0.1) is 13.8 Å². The Morgan fingerprint density at radius 3 is 2.91 bits per heavy atom. The lowest BCUT2D eigenvalue weighted by atomic mass is 10.4. The van der Waals surface area contributed by atoms with E-state index < -0.39 is 0 Å². The maximum Gasteiger partial charge on any atom is 0.142 e. The van der Waals surface area contributed by atoms with E-state index in [9.17, 15) is 0 Å². The lowest BCUT2D eigenvalue weighted by Gasteiger charge is -1.91. The molecule has 2 aromatic rings. The molecule has 0 atom stereocenters. The van der Waals surface area contributed by atoms with Crippen molar-refractivity contribution in [2.75, 3.05) is 0 Å². The summed E-state index contributed by atoms with van der Waals surface area (Å²) >= 11 is 3.99. The number of halogens is 1. The van der Waals surface area contributed by atoms with Gasteiger partial charge in [-0.15, -0.1) is 11.3 Å².